The number of aromatic amines is 1. The van der Waals surface area contributed by atoms with Gasteiger partial charge in [0.05, 0.1) is 11.6 Å². The van der Waals surface area contributed by atoms with E-state index in [1.54, 1.807) is 17.9 Å². The average Bonchev–Trinajstić information content (AvgIpc) is 3.52. The van der Waals surface area contributed by atoms with Gasteiger partial charge in [-0.3, -0.25) is 18.8 Å². The van der Waals surface area contributed by atoms with Gasteiger partial charge >= 0.3 is 5.97 Å². The first-order chi connectivity index (χ1) is 21.9. The number of carboxylic acid groups (broad SMARTS) is 1. The zero-order valence-corrected chi connectivity index (χ0v) is 25.6. The van der Waals surface area contributed by atoms with Crippen LogP contribution in [-0.4, -0.2) is 79.2 Å². The number of para-hydroxylation sites is 1. The van der Waals surface area contributed by atoms with E-state index in [-0.39, 0.29) is 22.5 Å². The molecule has 0 bridgehead atoms. The number of carbonyl (C=O) groups is 3. The van der Waals surface area contributed by atoms with Gasteiger partial charge in [0.15, 0.2) is 0 Å². The molecular weight excluding hydrogens is 586 g/mol. The van der Waals surface area contributed by atoms with E-state index in [1.807, 2.05) is 60.7 Å². The minimum Gasteiger partial charge on any atom is -0.478 e. The van der Waals surface area contributed by atoms with Crippen LogP contribution in [0.15, 0.2) is 114 Å². The van der Waals surface area contributed by atoms with E-state index in [2.05, 4.69) is 39.1 Å². The number of piperazine rings is 1. The molecular formula is C35H33N5O4S. The van der Waals surface area contributed by atoms with Crippen molar-refractivity contribution < 1.29 is 19.5 Å². The lowest BCUT2D eigenvalue weighted by Gasteiger charge is -2.41. The Morgan fingerprint density at radius 2 is 1.47 bits per heavy atom. The number of aromatic carboxylic acids is 1. The molecule has 0 aliphatic carbocycles. The molecule has 45 heavy (non-hydrogen) atoms. The second-order valence-corrected chi connectivity index (χ2v) is 11.9. The molecule has 3 aromatic carbocycles. The number of aromatic nitrogens is 2. The van der Waals surface area contributed by atoms with Crippen LogP contribution >= 0.6 is 11.9 Å². The van der Waals surface area contributed by atoms with Crippen LogP contribution in [0.25, 0.3) is 10.9 Å². The molecule has 0 unspecified atom stereocenters. The normalized spacial score (nSPS) is 14.4. The van der Waals surface area contributed by atoms with E-state index >= 15 is 0 Å². The molecule has 9 nitrogen and oxygen atoms in total. The SMILES string of the molecule is C[C@@H](C(=O)N1CCN(C(c2ccccc2)c2ccccc2)CC1)N(Sc1ncccc1C(=O)O)C(=O)c1cc2ccccc2[nH]1. The average molecular weight is 620 g/mol. The van der Waals surface area contributed by atoms with Crippen LogP contribution in [-0.2, 0) is 4.79 Å². The van der Waals surface area contributed by atoms with Gasteiger partial charge in [0.2, 0.25) is 5.91 Å². The zero-order valence-electron chi connectivity index (χ0n) is 24.7. The minimum atomic E-state index is -1.16. The number of nitrogens with one attached hydrogen (secondary N) is 1. The molecule has 0 radical (unpaired) electrons. The number of amides is 2. The Labute approximate surface area is 265 Å². The molecule has 2 N–H and O–H groups in total. The lowest BCUT2D eigenvalue weighted by atomic mass is 9.96. The van der Waals surface area contributed by atoms with Crippen molar-refractivity contribution in [2.75, 3.05) is 26.2 Å². The van der Waals surface area contributed by atoms with E-state index in [1.165, 1.54) is 33.8 Å². The topological polar surface area (TPSA) is 110 Å². The third-order valence-electron chi connectivity index (χ3n) is 8.08. The Morgan fingerprint density at radius 3 is 2.09 bits per heavy atom. The van der Waals surface area contributed by atoms with Crippen molar-refractivity contribution in [3.63, 3.8) is 0 Å². The highest BCUT2D eigenvalue weighted by Gasteiger charge is 2.35. The van der Waals surface area contributed by atoms with Crippen LogP contribution in [0, 0.1) is 0 Å². The van der Waals surface area contributed by atoms with E-state index in [0.717, 1.165) is 22.9 Å². The second kappa shape index (κ2) is 13.4. The maximum absolute atomic E-state index is 14.0. The van der Waals surface area contributed by atoms with Crippen LogP contribution in [0.2, 0.25) is 0 Å². The summed E-state index contributed by atoms with van der Waals surface area (Å²) in [4.78, 5) is 51.6. The Hall–Kier alpha value is -4.93. The molecule has 0 saturated carbocycles. The van der Waals surface area contributed by atoms with Crippen molar-refractivity contribution >= 4 is 40.6 Å². The first-order valence-electron chi connectivity index (χ1n) is 14.8. The Morgan fingerprint density at radius 1 is 0.844 bits per heavy atom. The number of benzene rings is 3. The molecule has 1 aliphatic heterocycles. The third kappa shape index (κ3) is 6.47. The van der Waals surface area contributed by atoms with Gasteiger partial charge < -0.3 is 15.0 Å². The largest absolute Gasteiger partial charge is 0.478 e. The van der Waals surface area contributed by atoms with Crippen LogP contribution in [0.4, 0.5) is 0 Å². The maximum Gasteiger partial charge on any atom is 0.338 e. The van der Waals surface area contributed by atoms with Gasteiger partial charge in [-0.1, -0.05) is 78.9 Å². The van der Waals surface area contributed by atoms with Crippen molar-refractivity contribution in [2.45, 2.75) is 24.0 Å². The molecule has 1 fully saturated rings. The summed E-state index contributed by atoms with van der Waals surface area (Å²) in [6.07, 6.45) is 1.47. The van der Waals surface area contributed by atoms with Crippen molar-refractivity contribution in [3.05, 3.63) is 132 Å². The highest BCUT2D eigenvalue weighted by Crippen LogP contribution is 2.32. The molecule has 10 heteroatoms. The van der Waals surface area contributed by atoms with Gasteiger partial charge in [0.25, 0.3) is 5.91 Å². The highest BCUT2D eigenvalue weighted by molar-refractivity contribution is 7.97. The van der Waals surface area contributed by atoms with E-state index in [9.17, 15) is 19.5 Å². The molecule has 1 aliphatic rings. The first kappa shape index (κ1) is 30.1. The summed E-state index contributed by atoms with van der Waals surface area (Å²) in [5, 5.41) is 10.8. The number of carbonyl (C=O) groups excluding carboxylic acids is 2. The Kier molecular flexibility index (Phi) is 8.95. The van der Waals surface area contributed by atoms with Crippen LogP contribution in [0.1, 0.15) is 44.9 Å². The number of pyridine rings is 1. The fraction of sp³-hybridized carbons (Fsp3) is 0.200. The summed E-state index contributed by atoms with van der Waals surface area (Å²) in [5.41, 5.74) is 3.42. The van der Waals surface area contributed by atoms with Crippen LogP contribution < -0.4 is 0 Å². The lowest BCUT2D eigenvalue weighted by Crippen LogP contribution is -2.54. The van der Waals surface area contributed by atoms with Crippen LogP contribution in [0.5, 0.6) is 0 Å². The maximum atomic E-state index is 14.0. The van der Waals surface area contributed by atoms with E-state index in [4.69, 9.17) is 0 Å². The molecule has 0 spiro atoms. The second-order valence-electron chi connectivity index (χ2n) is 10.9. The molecule has 228 valence electrons. The standard InChI is InChI=1S/C35H33N5O4S/c1-24(33(41)39-21-19-38(20-22-39)31(25-11-4-2-5-12-25)26-13-6-3-7-14-26)40(45-32-28(35(43)44)16-10-18-36-32)34(42)30-23-27-15-8-9-17-29(27)37-30/h2-18,23-24,31,37H,19-22H2,1H3,(H,43,44)/t24-/m0/s1. The van der Waals surface area contributed by atoms with Crippen LogP contribution in [0.3, 0.4) is 0 Å². The van der Waals surface area contributed by atoms with Gasteiger partial charge in [-0.05, 0) is 42.3 Å². The van der Waals surface area contributed by atoms with Gasteiger partial charge in [-0.25, -0.2) is 9.78 Å². The molecule has 2 amide bonds. The Bertz CT molecular complexity index is 1730. The first-order valence-corrected chi connectivity index (χ1v) is 15.6. The van der Waals surface area contributed by atoms with Gasteiger partial charge in [-0.15, -0.1) is 0 Å². The highest BCUT2D eigenvalue weighted by atomic mass is 32.2. The number of H-pyrrole nitrogens is 1. The minimum absolute atomic E-state index is 0.0434. The third-order valence-corrected chi connectivity index (χ3v) is 9.25. The number of nitrogens with zero attached hydrogens (tertiary/aromatic N) is 4. The van der Waals surface area contributed by atoms with E-state index in [0.29, 0.717) is 31.9 Å². The number of carboxylic acids is 1. The number of fused-ring (bicyclic) bond motifs is 1. The molecule has 5 aromatic rings. The summed E-state index contributed by atoms with van der Waals surface area (Å²) in [6.45, 7) is 3.96. The van der Waals surface area contributed by atoms with Gasteiger partial charge in [-0.2, -0.15) is 0 Å². The lowest BCUT2D eigenvalue weighted by molar-refractivity contribution is -0.136. The van der Waals surface area contributed by atoms with E-state index < -0.39 is 17.9 Å². The molecule has 2 aromatic heterocycles. The van der Waals surface area contributed by atoms with Crippen molar-refractivity contribution in [3.8, 4) is 0 Å². The predicted octanol–water partition coefficient (Wildman–Crippen LogP) is 5.73. The molecule has 1 saturated heterocycles. The fourth-order valence-electron chi connectivity index (χ4n) is 5.77. The number of hydrogen-bond donors (Lipinski definition) is 2. The monoisotopic (exact) mass is 619 g/mol. The molecule has 3 heterocycles. The summed E-state index contributed by atoms with van der Waals surface area (Å²) >= 11 is 0.871. The van der Waals surface area contributed by atoms with Crippen molar-refractivity contribution in [2.24, 2.45) is 0 Å². The van der Waals surface area contributed by atoms with Crippen molar-refractivity contribution in [1.82, 2.24) is 24.1 Å². The Balaban J connectivity index is 1.24. The van der Waals surface area contributed by atoms with Gasteiger partial charge in [0.1, 0.15) is 16.8 Å². The quantitative estimate of drug-likeness (QED) is 0.203. The summed E-state index contributed by atoms with van der Waals surface area (Å²) in [5.74, 6) is -1.81. The molecule has 6 rings (SSSR count). The fourth-order valence-corrected chi connectivity index (χ4v) is 6.75. The number of rotatable bonds is 9. The summed E-state index contributed by atoms with van der Waals surface area (Å²) in [7, 11) is 0. The van der Waals surface area contributed by atoms with Crippen molar-refractivity contribution in [1.29, 1.82) is 0 Å². The summed E-state index contributed by atoms with van der Waals surface area (Å²) in [6, 6.07) is 32.1. The van der Waals surface area contributed by atoms with Gasteiger partial charge in [0, 0.05) is 55.2 Å². The smallest absolute Gasteiger partial charge is 0.338 e. The predicted molar refractivity (Wildman–Crippen MR) is 174 cm³/mol. The summed E-state index contributed by atoms with van der Waals surface area (Å²) < 4.78 is 1.34. The number of hydrogen-bond acceptors (Lipinski definition) is 6. The molecule has 1 atom stereocenters. The zero-order chi connectivity index (χ0) is 31.3.